The van der Waals surface area contributed by atoms with E-state index in [2.05, 4.69) is 14.8 Å². The molecule has 0 radical (unpaired) electrons. The van der Waals surface area contributed by atoms with E-state index in [1.165, 1.54) is 18.7 Å². The second kappa shape index (κ2) is 4.73. The Labute approximate surface area is 112 Å². The van der Waals surface area contributed by atoms with Crippen molar-refractivity contribution < 1.29 is 22.5 Å². The molecule has 0 N–H and O–H groups in total. The normalized spacial score (nSPS) is 18.3. The second-order valence-corrected chi connectivity index (χ2v) is 5.91. The quantitative estimate of drug-likeness (QED) is 0.833. The van der Waals surface area contributed by atoms with Gasteiger partial charge in [-0.05, 0) is 20.8 Å². The summed E-state index contributed by atoms with van der Waals surface area (Å²) in [6.07, 6.45) is -3.91. The van der Waals surface area contributed by atoms with Gasteiger partial charge in [0.15, 0.2) is 5.69 Å². The van der Waals surface area contributed by atoms with Gasteiger partial charge < -0.3 is 9.36 Å². The summed E-state index contributed by atoms with van der Waals surface area (Å²) >= 11 is 1.21. The molecule has 0 atom stereocenters. The summed E-state index contributed by atoms with van der Waals surface area (Å²) in [5.74, 6) is 0.293. The van der Waals surface area contributed by atoms with Crippen LogP contribution in [0.1, 0.15) is 37.3 Å². The van der Waals surface area contributed by atoms with E-state index in [0.29, 0.717) is 11.5 Å². The van der Waals surface area contributed by atoms with Crippen LogP contribution >= 0.6 is 11.8 Å². The predicted molar refractivity (Wildman–Crippen MR) is 64.8 cm³/mol. The van der Waals surface area contributed by atoms with Crippen LogP contribution in [-0.2, 0) is 16.8 Å². The minimum absolute atomic E-state index is 0.0601. The Morgan fingerprint density at radius 3 is 2.58 bits per heavy atom. The van der Waals surface area contributed by atoms with Crippen molar-refractivity contribution >= 4 is 16.8 Å². The maximum Gasteiger partial charge on any atom is 0.437 e. The van der Waals surface area contributed by atoms with Gasteiger partial charge >= 0.3 is 6.18 Å². The number of hydrogen-bond donors (Lipinski definition) is 0. The van der Waals surface area contributed by atoms with E-state index in [9.17, 15) is 13.2 Å². The van der Waals surface area contributed by atoms with Crippen LogP contribution < -0.4 is 0 Å². The van der Waals surface area contributed by atoms with Crippen LogP contribution in [0.2, 0.25) is 0 Å². The van der Waals surface area contributed by atoms with E-state index in [1.807, 2.05) is 13.8 Å². The van der Waals surface area contributed by atoms with Crippen molar-refractivity contribution in [1.82, 2.24) is 5.16 Å². The van der Waals surface area contributed by atoms with E-state index >= 15 is 0 Å². The molecule has 4 nitrogen and oxygen atoms in total. The average molecular weight is 294 g/mol. The molecule has 1 aliphatic heterocycles. The first-order valence-corrected chi connectivity index (χ1v) is 6.58. The number of hydrogen-bond acceptors (Lipinski definition) is 5. The lowest BCUT2D eigenvalue weighted by atomic mass is 10.1. The third kappa shape index (κ3) is 3.23. The molecule has 0 unspecified atom stereocenters. The van der Waals surface area contributed by atoms with Crippen molar-refractivity contribution in [3.8, 4) is 0 Å². The molecule has 1 aromatic rings. The molecular weight excluding hydrogens is 281 g/mol. The van der Waals surface area contributed by atoms with E-state index in [4.69, 9.17) is 4.84 Å². The van der Waals surface area contributed by atoms with Crippen molar-refractivity contribution in [3.63, 3.8) is 0 Å². The number of aryl methyl sites for hydroxylation is 1. The minimum atomic E-state index is -4.50. The highest BCUT2D eigenvalue weighted by Gasteiger charge is 2.39. The molecule has 0 bridgehead atoms. The van der Waals surface area contributed by atoms with Gasteiger partial charge in [-0.25, -0.2) is 0 Å². The fourth-order valence-corrected chi connectivity index (χ4v) is 2.81. The molecule has 19 heavy (non-hydrogen) atoms. The van der Waals surface area contributed by atoms with Crippen LogP contribution in [0.4, 0.5) is 13.2 Å². The van der Waals surface area contributed by atoms with Gasteiger partial charge in [-0.15, -0.1) is 11.8 Å². The summed E-state index contributed by atoms with van der Waals surface area (Å²) < 4.78 is 42.7. The largest absolute Gasteiger partial charge is 0.437 e. The lowest BCUT2D eigenvalue weighted by Crippen LogP contribution is -2.18. The minimum Gasteiger partial charge on any atom is -0.389 e. The summed E-state index contributed by atoms with van der Waals surface area (Å²) in [4.78, 5) is 5.16. The lowest BCUT2D eigenvalue weighted by Gasteiger charge is -2.13. The van der Waals surface area contributed by atoms with Gasteiger partial charge in [-0.1, -0.05) is 10.3 Å². The van der Waals surface area contributed by atoms with Gasteiger partial charge in [0.05, 0.1) is 0 Å². The Hall–Kier alpha value is -1.18. The third-order valence-corrected chi connectivity index (χ3v) is 3.59. The molecule has 0 spiro atoms. The van der Waals surface area contributed by atoms with Crippen molar-refractivity contribution in [2.45, 2.75) is 44.7 Å². The summed E-state index contributed by atoms with van der Waals surface area (Å²) in [5.41, 5.74) is -1.29. The number of aromatic nitrogens is 1. The summed E-state index contributed by atoms with van der Waals surface area (Å²) in [7, 11) is 0. The number of halogens is 3. The number of alkyl halides is 3. The average Bonchev–Trinajstić information content (AvgIpc) is 2.78. The second-order valence-electron chi connectivity index (χ2n) is 4.87. The topological polar surface area (TPSA) is 47.6 Å². The van der Waals surface area contributed by atoms with Crippen LogP contribution in [0.3, 0.4) is 0 Å². The Balaban J connectivity index is 2.07. The summed E-state index contributed by atoms with van der Waals surface area (Å²) in [6.45, 7) is 5.21. The monoisotopic (exact) mass is 294 g/mol. The molecule has 8 heteroatoms. The van der Waals surface area contributed by atoms with Gasteiger partial charge in [0.2, 0.25) is 0 Å². The molecule has 0 saturated heterocycles. The Morgan fingerprint density at radius 1 is 1.37 bits per heavy atom. The molecular formula is C11H13F3N2O2S. The van der Waals surface area contributed by atoms with Gasteiger partial charge in [0, 0.05) is 17.7 Å². The molecule has 0 amide bonds. The van der Waals surface area contributed by atoms with E-state index in [0.717, 1.165) is 0 Å². The zero-order valence-corrected chi connectivity index (χ0v) is 11.5. The maximum atomic E-state index is 12.7. The SMILES string of the molecule is Cc1onc(C(F)(F)F)c1CSC1=NOC(C)(C)C1. The highest BCUT2D eigenvalue weighted by atomic mass is 32.2. The third-order valence-electron chi connectivity index (χ3n) is 2.61. The van der Waals surface area contributed by atoms with Crippen LogP contribution in [0.25, 0.3) is 0 Å². The van der Waals surface area contributed by atoms with Crippen LogP contribution in [0, 0.1) is 6.92 Å². The van der Waals surface area contributed by atoms with Crippen LogP contribution in [0.15, 0.2) is 9.68 Å². The van der Waals surface area contributed by atoms with Gasteiger partial charge in [0.1, 0.15) is 16.4 Å². The van der Waals surface area contributed by atoms with E-state index < -0.39 is 11.9 Å². The first kappa shape index (κ1) is 14.2. The number of nitrogens with zero attached hydrogens (tertiary/aromatic N) is 2. The Morgan fingerprint density at radius 2 is 2.05 bits per heavy atom. The Kier molecular flexibility index (Phi) is 3.55. The molecule has 106 valence electrons. The van der Waals surface area contributed by atoms with Crippen molar-refractivity contribution in [2.24, 2.45) is 5.16 Å². The highest BCUT2D eigenvalue weighted by Crippen LogP contribution is 2.36. The maximum absolute atomic E-state index is 12.7. The molecule has 2 rings (SSSR count). The first-order chi connectivity index (χ1) is 8.69. The molecule has 0 aromatic carbocycles. The van der Waals surface area contributed by atoms with Gasteiger partial charge in [0.25, 0.3) is 0 Å². The van der Waals surface area contributed by atoms with Gasteiger partial charge in [-0.3, -0.25) is 0 Å². The van der Waals surface area contributed by atoms with E-state index in [-0.39, 0.29) is 22.7 Å². The van der Waals surface area contributed by atoms with Crippen molar-refractivity contribution in [1.29, 1.82) is 0 Å². The predicted octanol–water partition coefficient (Wildman–Crippen LogP) is 3.75. The molecule has 1 aliphatic rings. The fourth-order valence-electron chi connectivity index (χ4n) is 1.62. The molecule has 1 aromatic heterocycles. The van der Waals surface area contributed by atoms with Crippen LogP contribution in [0.5, 0.6) is 0 Å². The smallest absolute Gasteiger partial charge is 0.389 e. The Bertz CT molecular complexity index is 509. The lowest BCUT2D eigenvalue weighted by molar-refractivity contribution is -0.143. The number of rotatable bonds is 2. The zero-order valence-electron chi connectivity index (χ0n) is 10.7. The number of thioether (sulfide) groups is 1. The summed E-state index contributed by atoms with van der Waals surface area (Å²) in [6, 6.07) is 0. The molecule has 0 fully saturated rings. The van der Waals surface area contributed by atoms with Gasteiger partial charge in [-0.2, -0.15) is 13.2 Å². The van der Waals surface area contributed by atoms with Crippen molar-refractivity contribution in [3.05, 3.63) is 17.0 Å². The number of oxime groups is 1. The summed E-state index contributed by atoms with van der Waals surface area (Å²) in [5, 5.41) is 7.61. The standard InChI is InChI=1S/C11H13F3N2O2S/c1-6-7(9(16-17-6)11(12,13)14)5-19-8-4-10(2,3)18-15-8/h4-5H2,1-3H3. The molecule has 0 saturated carbocycles. The highest BCUT2D eigenvalue weighted by molar-refractivity contribution is 8.13. The fraction of sp³-hybridized carbons (Fsp3) is 0.636. The van der Waals surface area contributed by atoms with E-state index in [1.54, 1.807) is 0 Å². The molecule has 2 heterocycles. The zero-order chi connectivity index (χ0) is 14.3. The van der Waals surface area contributed by atoms with Crippen LogP contribution in [-0.4, -0.2) is 15.8 Å². The first-order valence-electron chi connectivity index (χ1n) is 5.59. The molecule has 0 aliphatic carbocycles. The van der Waals surface area contributed by atoms with Crippen molar-refractivity contribution in [2.75, 3.05) is 0 Å².